The molecule has 0 aromatic heterocycles. The molecule has 0 spiro atoms. The molecule has 1 unspecified atom stereocenters. The number of aliphatic hydroxyl groups is 1. The van der Waals surface area contributed by atoms with Crippen LogP contribution in [-0.2, 0) is 6.42 Å². The van der Waals surface area contributed by atoms with Crippen molar-refractivity contribution in [3.05, 3.63) is 29.8 Å². The fraction of sp³-hybridized carbons (Fsp3) is 0.571. The van der Waals surface area contributed by atoms with Gasteiger partial charge in [0.1, 0.15) is 5.75 Å². The fourth-order valence-electron chi connectivity index (χ4n) is 1.70. The standard InChI is InChI=1S/C14H22O2/c1-11(2)7-8-13(15)9-12-5-4-6-14(10-12)16-3/h4-6,10-11,13,15H,7-9H2,1-3H3. The largest absolute Gasteiger partial charge is 0.497 e. The van der Waals surface area contributed by atoms with E-state index in [2.05, 4.69) is 13.8 Å². The summed E-state index contributed by atoms with van der Waals surface area (Å²) in [6.45, 7) is 4.36. The molecule has 1 atom stereocenters. The summed E-state index contributed by atoms with van der Waals surface area (Å²) in [4.78, 5) is 0. The van der Waals surface area contributed by atoms with Crippen LogP contribution < -0.4 is 4.74 Å². The summed E-state index contributed by atoms with van der Waals surface area (Å²) in [5.74, 6) is 1.51. The monoisotopic (exact) mass is 222 g/mol. The first kappa shape index (κ1) is 13.0. The number of ether oxygens (including phenoxy) is 1. The summed E-state index contributed by atoms with van der Waals surface area (Å²) in [7, 11) is 1.66. The predicted molar refractivity (Wildman–Crippen MR) is 66.8 cm³/mol. The van der Waals surface area contributed by atoms with Crippen LogP contribution in [0.5, 0.6) is 5.75 Å². The third-order valence-electron chi connectivity index (χ3n) is 2.68. The van der Waals surface area contributed by atoms with Crippen LogP contribution in [0.15, 0.2) is 24.3 Å². The van der Waals surface area contributed by atoms with Crippen molar-refractivity contribution >= 4 is 0 Å². The van der Waals surface area contributed by atoms with Gasteiger partial charge in [0.05, 0.1) is 13.2 Å². The zero-order chi connectivity index (χ0) is 12.0. The van der Waals surface area contributed by atoms with Crippen molar-refractivity contribution in [2.45, 2.75) is 39.2 Å². The van der Waals surface area contributed by atoms with E-state index in [9.17, 15) is 5.11 Å². The Balaban J connectivity index is 2.45. The van der Waals surface area contributed by atoms with Crippen LogP contribution in [0.1, 0.15) is 32.3 Å². The van der Waals surface area contributed by atoms with Gasteiger partial charge in [0, 0.05) is 0 Å². The maximum atomic E-state index is 9.87. The second kappa shape index (κ2) is 6.54. The Morgan fingerprint density at radius 1 is 1.25 bits per heavy atom. The van der Waals surface area contributed by atoms with E-state index in [-0.39, 0.29) is 6.10 Å². The zero-order valence-corrected chi connectivity index (χ0v) is 10.4. The maximum Gasteiger partial charge on any atom is 0.119 e. The normalized spacial score (nSPS) is 12.8. The van der Waals surface area contributed by atoms with E-state index in [0.29, 0.717) is 12.3 Å². The Bertz CT molecular complexity index is 307. The van der Waals surface area contributed by atoms with Gasteiger partial charge in [-0.1, -0.05) is 26.0 Å². The van der Waals surface area contributed by atoms with Gasteiger partial charge in [0.25, 0.3) is 0 Å². The van der Waals surface area contributed by atoms with Crippen LogP contribution in [0.25, 0.3) is 0 Å². The van der Waals surface area contributed by atoms with Gasteiger partial charge in [-0.15, -0.1) is 0 Å². The summed E-state index contributed by atoms with van der Waals surface area (Å²) in [5.41, 5.74) is 1.13. The van der Waals surface area contributed by atoms with E-state index in [0.717, 1.165) is 24.2 Å². The molecule has 2 heteroatoms. The molecular formula is C14H22O2. The second-order valence-electron chi connectivity index (χ2n) is 4.68. The Labute approximate surface area is 98.3 Å². The van der Waals surface area contributed by atoms with Crippen molar-refractivity contribution in [1.29, 1.82) is 0 Å². The van der Waals surface area contributed by atoms with Gasteiger partial charge in [0.2, 0.25) is 0 Å². The molecule has 0 aliphatic carbocycles. The van der Waals surface area contributed by atoms with E-state index in [4.69, 9.17) is 4.74 Å². The van der Waals surface area contributed by atoms with Crippen LogP contribution in [-0.4, -0.2) is 18.3 Å². The van der Waals surface area contributed by atoms with Crippen LogP contribution in [0.3, 0.4) is 0 Å². The third-order valence-corrected chi connectivity index (χ3v) is 2.68. The summed E-state index contributed by atoms with van der Waals surface area (Å²) in [6.07, 6.45) is 2.42. The minimum atomic E-state index is -0.241. The molecule has 0 bridgehead atoms. The molecule has 0 amide bonds. The molecule has 0 aliphatic rings. The van der Waals surface area contributed by atoms with Crippen molar-refractivity contribution in [2.24, 2.45) is 5.92 Å². The van der Waals surface area contributed by atoms with Crippen molar-refractivity contribution < 1.29 is 9.84 Å². The Hall–Kier alpha value is -1.02. The zero-order valence-electron chi connectivity index (χ0n) is 10.4. The van der Waals surface area contributed by atoms with Crippen LogP contribution >= 0.6 is 0 Å². The minimum absolute atomic E-state index is 0.241. The minimum Gasteiger partial charge on any atom is -0.497 e. The number of methoxy groups -OCH3 is 1. The van der Waals surface area contributed by atoms with Gasteiger partial charge >= 0.3 is 0 Å². The number of benzene rings is 1. The average molecular weight is 222 g/mol. The molecule has 0 radical (unpaired) electrons. The highest BCUT2D eigenvalue weighted by atomic mass is 16.5. The average Bonchev–Trinajstić information content (AvgIpc) is 2.26. The molecule has 0 saturated heterocycles. The van der Waals surface area contributed by atoms with Crippen LogP contribution in [0, 0.1) is 5.92 Å². The van der Waals surface area contributed by atoms with Gasteiger partial charge in [-0.25, -0.2) is 0 Å². The molecule has 90 valence electrons. The molecule has 1 aromatic carbocycles. The van der Waals surface area contributed by atoms with Gasteiger partial charge in [-0.3, -0.25) is 0 Å². The van der Waals surface area contributed by atoms with E-state index in [1.54, 1.807) is 7.11 Å². The van der Waals surface area contributed by atoms with Crippen molar-refractivity contribution in [3.8, 4) is 5.75 Å². The van der Waals surface area contributed by atoms with Crippen molar-refractivity contribution in [1.82, 2.24) is 0 Å². The number of rotatable bonds is 6. The van der Waals surface area contributed by atoms with Gasteiger partial charge in [0.15, 0.2) is 0 Å². The fourth-order valence-corrected chi connectivity index (χ4v) is 1.70. The molecule has 1 aromatic rings. The second-order valence-corrected chi connectivity index (χ2v) is 4.68. The molecule has 0 aliphatic heterocycles. The van der Waals surface area contributed by atoms with Gasteiger partial charge in [-0.2, -0.15) is 0 Å². The highest BCUT2D eigenvalue weighted by Crippen LogP contribution is 2.16. The quantitative estimate of drug-likeness (QED) is 0.801. The van der Waals surface area contributed by atoms with E-state index in [1.807, 2.05) is 24.3 Å². The molecule has 2 nitrogen and oxygen atoms in total. The molecule has 0 saturated carbocycles. The summed E-state index contributed by atoms with van der Waals surface area (Å²) in [6, 6.07) is 7.90. The molecule has 0 fully saturated rings. The first-order valence-electron chi connectivity index (χ1n) is 5.92. The van der Waals surface area contributed by atoms with Crippen LogP contribution in [0.2, 0.25) is 0 Å². The van der Waals surface area contributed by atoms with Gasteiger partial charge in [-0.05, 0) is 42.9 Å². The molecule has 0 heterocycles. The maximum absolute atomic E-state index is 9.87. The van der Waals surface area contributed by atoms with E-state index >= 15 is 0 Å². The number of hydrogen-bond acceptors (Lipinski definition) is 2. The summed E-state index contributed by atoms with van der Waals surface area (Å²) >= 11 is 0. The van der Waals surface area contributed by atoms with E-state index < -0.39 is 0 Å². The lowest BCUT2D eigenvalue weighted by Gasteiger charge is -2.12. The van der Waals surface area contributed by atoms with Crippen LogP contribution in [0.4, 0.5) is 0 Å². The topological polar surface area (TPSA) is 29.5 Å². The smallest absolute Gasteiger partial charge is 0.119 e. The first-order valence-corrected chi connectivity index (χ1v) is 5.92. The molecular weight excluding hydrogens is 200 g/mol. The summed E-state index contributed by atoms with van der Waals surface area (Å²) < 4.78 is 5.15. The predicted octanol–water partition coefficient (Wildman–Crippen LogP) is 3.03. The summed E-state index contributed by atoms with van der Waals surface area (Å²) in [5, 5.41) is 9.87. The van der Waals surface area contributed by atoms with Crippen molar-refractivity contribution in [3.63, 3.8) is 0 Å². The van der Waals surface area contributed by atoms with Crippen molar-refractivity contribution in [2.75, 3.05) is 7.11 Å². The third kappa shape index (κ3) is 4.67. The lowest BCUT2D eigenvalue weighted by atomic mass is 10.00. The lowest BCUT2D eigenvalue weighted by Crippen LogP contribution is -2.11. The molecule has 16 heavy (non-hydrogen) atoms. The first-order chi connectivity index (χ1) is 7.61. The Morgan fingerprint density at radius 2 is 2.00 bits per heavy atom. The number of aliphatic hydroxyl groups excluding tert-OH is 1. The Morgan fingerprint density at radius 3 is 2.62 bits per heavy atom. The SMILES string of the molecule is COc1cccc(CC(O)CCC(C)C)c1. The Kier molecular flexibility index (Phi) is 5.33. The number of hydrogen-bond donors (Lipinski definition) is 1. The molecule has 1 N–H and O–H groups in total. The van der Waals surface area contributed by atoms with E-state index in [1.165, 1.54) is 0 Å². The highest BCUT2D eigenvalue weighted by Gasteiger charge is 2.07. The lowest BCUT2D eigenvalue weighted by molar-refractivity contribution is 0.157. The van der Waals surface area contributed by atoms with Gasteiger partial charge < -0.3 is 9.84 Å². The molecule has 1 rings (SSSR count). The highest BCUT2D eigenvalue weighted by molar-refractivity contribution is 5.28.